The number of nitrogens with one attached hydrogen (secondary N) is 1. The first-order valence-electron chi connectivity index (χ1n) is 3.00. The van der Waals surface area contributed by atoms with Gasteiger partial charge in [0.25, 0.3) is 0 Å². The van der Waals surface area contributed by atoms with Gasteiger partial charge in [0.2, 0.25) is 6.20 Å². The highest BCUT2D eigenvalue weighted by atomic mass is 16.6. The predicted molar refractivity (Wildman–Crippen MR) is 39.0 cm³/mol. The normalized spacial score (nSPS) is 11.9. The second-order valence-electron chi connectivity index (χ2n) is 3.00. The zero-order valence-electron chi connectivity index (χ0n) is 6.42. The third-order valence-electron chi connectivity index (χ3n) is 0.713. The molecule has 0 spiro atoms. The fourth-order valence-corrected chi connectivity index (χ4v) is 0.348. The lowest BCUT2D eigenvalue weighted by Gasteiger charge is -2.17. The maximum Gasteiger partial charge on any atom is 0.249 e. The molecule has 0 aliphatic rings. The van der Waals surface area contributed by atoms with Crippen LogP contribution in [-0.4, -0.2) is 10.5 Å². The van der Waals surface area contributed by atoms with Crippen molar-refractivity contribution in [3.63, 3.8) is 0 Å². The van der Waals surface area contributed by atoms with Crippen LogP contribution in [0.15, 0.2) is 12.4 Å². The summed E-state index contributed by atoms with van der Waals surface area (Å²) in [5.74, 6) is 0. The van der Waals surface area contributed by atoms with Gasteiger partial charge in [-0.15, -0.1) is 0 Å². The van der Waals surface area contributed by atoms with Crippen LogP contribution in [0, 0.1) is 10.1 Å². The molecule has 0 aromatic heterocycles. The fourth-order valence-electron chi connectivity index (χ4n) is 0.348. The summed E-state index contributed by atoms with van der Waals surface area (Å²) in [4.78, 5) is 9.26. The van der Waals surface area contributed by atoms with Crippen LogP contribution >= 0.6 is 0 Å². The summed E-state index contributed by atoms with van der Waals surface area (Å²) in [7, 11) is 0. The predicted octanol–water partition coefficient (Wildman–Crippen LogP) is 1.12. The second kappa shape index (κ2) is 3.20. The Kier molecular flexibility index (Phi) is 2.86. The molecule has 0 bridgehead atoms. The summed E-state index contributed by atoms with van der Waals surface area (Å²) in [5, 5.41) is 12.6. The Bertz CT molecular complexity index is 146. The second-order valence-corrected chi connectivity index (χ2v) is 3.00. The van der Waals surface area contributed by atoms with E-state index in [2.05, 4.69) is 5.32 Å². The van der Waals surface area contributed by atoms with Gasteiger partial charge < -0.3 is 5.32 Å². The van der Waals surface area contributed by atoms with Crippen molar-refractivity contribution in [3.8, 4) is 0 Å². The van der Waals surface area contributed by atoms with E-state index < -0.39 is 4.92 Å². The van der Waals surface area contributed by atoms with Gasteiger partial charge in [0.15, 0.2) is 0 Å². The molecule has 0 saturated carbocycles. The number of nitro groups is 1. The van der Waals surface area contributed by atoms with Gasteiger partial charge >= 0.3 is 0 Å². The minimum absolute atomic E-state index is 0.105. The van der Waals surface area contributed by atoms with Crippen LogP contribution in [0.2, 0.25) is 0 Å². The van der Waals surface area contributed by atoms with Gasteiger partial charge in [0, 0.05) is 5.54 Å². The lowest BCUT2D eigenvalue weighted by molar-refractivity contribution is -0.402. The molecule has 0 aromatic rings. The van der Waals surface area contributed by atoms with E-state index in [0.717, 1.165) is 6.20 Å². The van der Waals surface area contributed by atoms with E-state index >= 15 is 0 Å². The highest BCUT2D eigenvalue weighted by Crippen LogP contribution is 1.96. The highest BCUT2D eigenvalue weighted by Gasteiger charge is 2.04. The Balaban J connectivity index is 3.64. The molecule has 0 amide bonds. The van der Waals surface area contributed by atoms with Crippen LogP contribution in [0.3, 0.4) is 0 Å². The van der Waals surface area contributed by atoms with E-state index in [1.54, 1.807) is 0 Å². The van der Waals surface area contributed by atoms with Crippen molar-refractivity contribution < 1.29 is 4.92 Å². The van der Waals surface area contributed by atoms with E-state index in [-0.39, 0.29) is 5.54 Å². The van der Waals surface area contributed by atoms with Gasteiger partial charge in [0.1, 0.15) is 0 Å². The van der Waals surface area contributed by atoms with Crippen LogP contribution in [-0.2, 0) is 0 Å². The molecule has 1 N–H and O–H groups in total. The Hall–Kier alpha value is -1.06. The Morgan fingerprint density at radius 3 is 2.30 bits per heavy atom. The molecule has 4 nitrogen and oxygen atoms in total. The van der Waals surface area contributed by atoms with Crippen molar-refractivity contribution >= 4 is 0 Å². The largest absolute Gasteiger partial charge is 0.381 e. The molecule has 0 rings (SSSR count). The summed E-state index contributed by atoms with van der Waals surface area (Å²) >= 11 is 0. The first-order valence-corrected chi connectivity index (χ1v) is 3.00. The minimum atomic E-state index is -0.501. The number of hydrogen-bond donors (Lipinski definition) is 1. The maximum absolute atomic E-state index is 9.76. The highest BCUT2D eigenvalue weighted by molar-refractivity contribution is 4.80. The van der Waals surface area contributed by atoms with E-state index in [1.807, 2.05) is 20.8 Å². The van der Waals surface area contributed by atoms with Crippen LogP contribution in [0.4, 0.5) is 0 Å². The maximum atomic E-state index is 9.76. The molecule has 0 saturated heterocycles. The van der Waals surface area contributed by atoms with Crippen molar-refractivity contribution in [2.45, 2.75) is 26.3 Å². The lowest BCUT2D eigenvalue weighted by atomic mass is 10.1. The van der Waals surface area contributed by atoms with Gasteiger partial charge in [-0.1, -0.05) is 0 Å². The summed E-state index contributed by atoms with van der Waals surface area (Å²) in [6.45, 7) is 5.78. The van der Waals surface area contributed by atoms with Crippen LogP contribution in [0.25, 0.3) is 0 Å². The minimum Gasteiger partial charge on any atom is -0.381 e. The van der Waals surface area contributed by atoms with Crippen LogP contribution in [0.5, 0.6) is 0 Å². The standard InChI is InChI=1S/C6H12N2O2/c1-6(2,3)7-4-5-8(9)10/h4-5,7H,1-3H3/b5-4+. The lowest BCUT2D eigenvalue weighted by Crippen LogP contribution is -2.31. The Morgan fingerprint density at radius 2 is 2.00 bits per heavy atom. The zero-order chi connectivity index (χ0) is 8.20. The molecular formula is C6H12N2O2. The Labute approximate surface area is 60.1 Å². The molecule has 0 aliphatic carbocycles. The average molecular weight is 144 g/mol. The average Bonchev–Trinajstić information content (AvgIpc) is 1.59. The monoisotopic (exact) mass is 144 g/mol. The zero-order valence-corrected chi connectivity index (χ0v) is 6.42. The van der Waals surface area contributed by atoms with Crippen molar-refractivity contribution in [1.29, 1.82) is 0 Å². The van der Waals surface area contributed by atoms with Crippen molar-refractivity contribution in [1.82, 2.24) is 5.32 Å². The van der Waals surface area contributed by atoms with Gasteiger partial charge in [0.05, 0.1) is 11.1 Å². The van der Waals surface area contributed by atoms with Crippen LogP contribution in [0.1, 0.15) is 20.8 Å². The number of nitrogens with zero attached hydrogens (tertiary/aromatic N) is 1. The van der Waals surface area contributed by atoms with Crippen molar-refractivity contribution in [3.05, 3.63) is 22.5 Å². The number of rotatable bonds is 2. The van der Waals surface area contributed by atoms with Gasteiger partial charge in [-0.25, -0.2) is 0 Å². The molecular weight excluding hydrogens is 132 g/mol. The summed E-state index contributed by atoms with van der Waals surface area (Å²) in [5.41, 5.74) is -0.105. The molecule has 0 atom stereocenters. The molecule has 0 radical (unpaired) electrons. The van der Waals surface area contributed by atoms with Crippen LogP contribution < -0.4 is 5.32 Å². The van der Waals surface area contributed by atoms with Crippen molar-refractivity contribution in [2.24, 2.45) is 0 Å². The van der Waals surface area contributed by atoms with Crippen molar-refractivity contribution in [2.75, 3.05) is 0 Å². The van der Waals surface area contributed by atoms with E-state index in [4.69, 9.17) is 0 Å². The van der Waals surface area contributed by atoms with E-state index in [9.17, 15) is 10.1 Å². The molecule has 0 unspecified atom stereocenters. The molecule has 0 heterocycles. The molecule has 4 heteroatoms. The molecule has 58 valence electrons. The third-order valence-corrected chi connectivity index (χ3v) is 0.713. The summed E-state index contributed by atoms with van der Waals surface area (Å²) < 4.78 is 0. The first-order chi connectivity index (χ1) is 4.42. The summed E-state index contributed by atoms with van der Waals surface area (Å²) in [6.07, 6.45) is 2.21. The number of hydrogen-bond acceptors (Lipinski definition) is 3. The fraction of sp³-hybridized carbons (Fsp3) is 0.667. The first kappa shape index (κ1) is 8.94. The molecule has 0 aromatic carbocycles. The SMILES string of the molecule is CC(C)(C)N/C=C/[N+](=O)[O-]. The van der Waals surface area contributed by atoms with Gasteiger partial charge in [-0.2, -0.15) is 0 Å². The van der Waals surface area contributed by atoms with E-state index in [1.165, 1.54) is 6.20 Å². The molecule has 10 heavy (non-hydrogen) atoms. The quantitative estimate of drug-likeness (QED) is 0.466. The molecule has 0 fully saturated rings. The topological polar surface area (TPSA) is 55.2 Å². The summed E-state index contributed by atoms with van der Waals surface area (Å²) in [6, 6.07) is 0. The Morgan fingerprint density at radius 1 is 1.50 bits per heavy atom. The smallest absolute Gasteiger partial charge is 0.249 e. The van der Waals surface area contributed by atoms with E-state index in [0.29, 0.717) is 0 Å². The third kappa shape index (κ3) is 6.94. The van der Waals surface area contributed by atoms with Gasteiger partial charge in [-0.05, 0) is 20.8 Å². The molecule has 0 aliphatic heterocycles. The van der Waals surface area contributed by atoms with Gasteiger partial charge in [-0.3, -0.25) is 10.1 Å².